The lowest BCUT2D eigenvalue weighted by molar-refractivity contribution is 0.0463. The Morgan fingerprint density at radius 1 is 1.00 bits per heavy atom. The summed E-state index contributed by atoms with van der Waals surface area (Å²) in [5.74, 6) is 0.260. The van der Waals surface area contributed by atoms with Gasteiger partial charge in [0.2, 0.25) is 0 Å². The number of rotatable bonds is 5. The van der Waals surface area contributed by atoms with E-state index >= 15 is 0 Å². The van der Waals surface area contributed by atoms with Gasteiger partial charge in [0.25, 0.3) is 0 Å². The van der Waals surface area contributed by atoms with Crippen molar-refractivity contribution in [1.82, 2.24) is 5.32 Å². The summed E-state index contributed by atoms with van der Waals surface area (Å²) in [5, 5.41) is 3.30. The van der Waals surface area contributed by atoms with Crippen molar-refractivity contribution in [2.75, 3.05) is 13.1 Å². The zero-order valence-electron chi connectivity index (χ0n) is 13.0. The summed E-state index contributed by atoms with van der Waals surface area (Å²) in [5.41, 5.74) is 1.46. The Kier molecular flexibility index (Phi) is 5.27. The van der Waals surface area contributed by atoms with Gasteiger partial charge in [0.1, 0.15) is 24.0 Å². The van der Waals surface area contributed by atoms with Gasteiger partial charge >= 0.3 is 5.97 Å². The van der Waals surface area contributed by atoms with E-state index in [-0.39, 0.29) is 18.7 Å². The topological polar surface area (TPSA) is 47.6 Å². The molecule has 0 aromatic heterocycles. The number of para-hydroxylation sites is 1. The Morgan fingerprint density at radius 2 is 1.70 bits per heavy atom. The molecule has 0 saturated carbocycles. The highest BCUT2D eigenvalue weighted by molar-refractivity contribution is 5.92. The zero-order valence-corrected chi connectivity index (χ0v) is 13.0. The molecule has 0 bridgehead atoms. The van der Waals surface area contributed by atoms with Crippen LogP contribution in [-0.2, 0) is 11.3 Å². The van der Waals surface area contributed by atoms with Crippen molar-refractivity contribution >= 4 is 5.97 Å². The van der Waals surface area contributed by atoms with Crippen molar-refractivity contribution in [2.45, 2.75) is 25.6 Å². The standard InChI is InChI=1S/C19H21NO3/c21-19(22-14-15-6-2-1-3-7-15)17-8-4-5-9-18(17)23-16-10-12-20-13-11-16/h1-9,16,20H,10-14H2. The van der Waals surface area contributed by atoms with Crippen LogP contribution in [0.4, 0.5) is 0 Å². The number of hydrogen-bond donors (Lipinski definition) is 1. The molecule has 0 aliphatic carbocycles. The number of benzene rings is 2. The van der Waals surface area contributed by atoms with Crippen LogP contribution in [0, 0.1) is 0 Å². The largest absolute Gasteiger partial charge is 0.489 e. The highest BCUT2D eigenvalue weighted by Crippen LogP contribution is 2.23. The van der Waals surface area contributed by atoms with Crippen LogP contribution in [0.5, 0.6) is 5.75 Å². The van der Waals surface area contributed by atoms with Gasteiger partial charge in [0.05, 0.1) is 0 Å². The Labute approximate surface area is 136 Å². The molecule has 120 valence electrons. The lowest BCUT2D eigenvalue weighted by Crippen LogP contribution is -2.34. The van der Waals surface area contributed by atoms with Crippen LogP contribution < -0.4 is 10.1 Å². The highest BCUT2D eigenvalue weighted by atomic mass is 16.5. The molecule has 2 aromatic carbocycles. The van der Waals surface area contributed by atoms with Gasteiger partial charge in [-0.3, -0.25) is 0 Å². The van der Waals surface area contributed by atoms with Crippen molar-refractivity contribution in [1.29, 1.82) is 0 Å². The predicted octanol–water partition coefficient (Wildman–Crippen LogP) is 3.17. The van der Waals surface area contributed by atoms with Crippen molar-refractivity contribution in [3.05, 3.63) is 65.7 Å². The minimum Gasteiger partial charge on any atom is -0.489 e. The molecule has 0 radical (unpaired) electrons. The van der Waals surface area contributed by atoms with Gasteiger partial charge in [0.15, 0.2) is 0 Å². The third-order valence-corrected chi connectivity index (χ3v) is 3.90. The molecule has 0 unspecified atom stereocenters. The average Bonchev–Trinajstić information content (AvgIpc) is 2.62. The van der Waals surface area contributed by atoms with Gasteiger partial charge in [-0.1, -0.05) is 42.5 Å². The number of piperidine rings is 1. The van der Waals surface area contributed by atoms with Crippen LogP contribution in [0.25, 0.3) is 0 Å². The third-order valence-electron chi connectivity index (χ3n) is 3.90. The van der Waals surface area contributed by atoms with Gasteiger partial charge in [-0.2, -0.15) is 0 Å². The first-order valence-electron chi connectivity index (χ1n) is 8.00. The van der Waals surface area contributed by atoms with E-state index in [9.17, 15) is 4.79 Å². The second-order valence-corrected chi connectivity index (χ2v) is 5.63. The zero-order chi connectivity index (χ0) is 15.9. The number of nitrogens with one attached hydrogen (secondary N) is 1. The van der Waals surface area contributed by atoms with E-state index in [1.54, 1.807) is 6.07 Å². The molecule has 1 saturated heterocycles. The van der Waals surface area contributed by atoms with Crippen molar-refractivity contribution < 1.29 is 14.3 Å². The van der Waals surface area contributed by atoms with E-state index in [1.807, 2.05) is 48.5 Å². The summed E-state index contributed by atoms with van der Waals surface area (Å²) in [7, 11) is 0. The summed E-state index contributed by atoms with van der Waals surface area (Å²) >= 11 is 0. The maximum atomic E-state index is 12.4. The smallest absolute Gasteiger partial charge is 0.342 e. The molecule has 1 heterocycles. The average molecular weight is 311 g/mol. The van der Waals surface area contributed by atoms with E-state index in [4.69, 9.17) is 9.47 Å². The van der Waals surface area contributed by atoms with E-state index < -0.39 is 0 Å². The van der Waals surface area contributed by atoms with Crippen LogP contribution in [0.2, 0.25) is 0 Å². The van der Waals surface area contributed by atoms with E-state index in [1.165, 1.54) is 0 Å². The van der Waals surface area contributed by atoms with Crippen LogP contribution in [0.3, 0.4) is 0 Å². The number of hydrogen-bond acceptors (Lipinski definition) is 4. The first kappa shape index (κ1) is 15.6. The van der Waals surface area contributed by atoms with Crippen LogP contribution in [0.15, 0.2) is 54.6 Å². The highest BCUT2D eigenvalue weighted by Gasteiger charge is 2.19. The molecule has 3 rings (SSSR count). The molecule has 2 aromatic rings. The molecule has 4 nitrogen and oxygen atoms in total. The van der Waals surface area contributed by atoms with Gasteiger partial charge in [-0.15, -0.1) is 0 Å². The monoisotopic (exact) mass is 311 g/mol. The molecule has 4 heteroatoms. The predicted molar refractivity (Wildman–Crippen MR) is 88.5 cm³/mol. The lowest BCUT2D eigenvalue weighted by atomic mass is 10.1. The molecule has 1 aliphatic rings. The molecule has 0 atom stereocenters. The Hall–Kier alpha value is -2.33. The molecular formula is C19H21NO3. The summed E-state index contributed by atoms with van der Waals surface area (Å²) in [6.07, 6.45) is 2.06. The van der Waals surface area contributed by atoms with Gasteiger partial charge in [-0.05, 0) is 43.6 Å². The van der Waals surface area contributed by atoms with Gasteiger partial charge in [0, 0.05) is 0 Å². The normalized spacial score (nSPS) is 15.1. The second-order valence-electron chi connectivity index (χ2n) is 5.63. The lowest BCUT2D eigenvalue weighted by Gasteiger charge is -2.24. The quantitative estimate of drug-likeness (QED) is 0.862. The minimum atomic E-state index is -0.349. The fraction of sp³-hybridized carbons (Fsp3) is 0.316. The molecule has 1 aliphatic heterocycles. The second kappa shape index (κ2) is 7.79. The fourth-order valence-electron chi connectivity index (χ4n) is 2.63. The van der Waals surface area contributed by atoms with E-state index in [2.05, 4.69) is 5.32 Å². The third kappa shape index (κ3) is 4.33. The number of ether oxygens (including phenoxy) is 2. The first-order valence-corrected chi connectivity index (χ1v) is 8.00. The van der Waals surface area contributed by atoms with E-state index in [0.29, 0.717) is 11.3 Å². The Bertz CT molecular complexity index is 636. The first-order chi connectivity index (χ1) is 11.3. The molecule has 0 spiro atoms. The summed E-state index contributed by atoms with van der Waals surface area (Å²) in [4.78, 5) is 12.4. The van der Waals surface area contributed by atoms with Crippen LogP contribution >= 0.6 is 0 Å². The van der Waals surface area contributed by atoms with E-state index in [0.717, 1.165) is 31.5 Å². The molecule has 23 heavy (non-hydrogen) atoms. The SMILES string of the molecule is O=C(OCc1ccccc1)c1ccccc1OC1CCNCC1. The molecule has 1 N–H and O–H groups in total. The Balaban J connectivity index is 1.65. The van der Waals surface area contributed by atoms with Crippen molar-refractivity contribution in [2.24, 2.45) is 0 Å². The minimum absolute atomic E-state index is 0.152. The van der Waals surface area contributed by atoms with Crippen LogP contribution in [0.1, 0.15) is 28.8 Å². The number of carbonyl (C=O) groups excluding carboxylic acids is 1. The maximum Gasteiger partial charge on any atom is 0.342 e. The summed E-state index contributed by atoms with van der Waals surface area (Å²) < 4.78 is 11.4. The van der Waals surface area contributed by atoms with Crippen molar-refractivity contribution in [3.8, 4) is 5.75 Å². The van der Waals surface area contributed by atoms with Gasteiger partial charge < -0.3 is 14.8 Å². The van der Waals surface area contributed by atoms with Crippen LogP contribution in [-0.4, -0.2) is 25.2 Å². The Morgan fingerprint density at radius 3 is 2.48 bits per heavy atom. The fourth-order valence-corrected chi connectivity index (χ4v) is 2.63. The van der Waals surface area contributed by atoms with Crippen molar-refractivity contribution in [3.63, 3.8) is 0 Å². The molecule has 0 amide bonds. The maximum absolute atomic E-state index is 12.4. The van der Waals surface area contributed by atoms with Gasteiger partial charge in [-0.25, -0.2) is 4.79 Å². The molecular weight excluding hydrogens is 290 g/mol. The summed E-state index contributed by atoms with van der Waals surface area (Å²) in [6.45, 7) is 2.16. The summed E-state index contributed by atoms with van der Waals surface area (Å²) in [6, 6.07) is 17.0. The number of carbonyl (C=O) groups is 1. The molecule has 1 fully saturated rings. The number of esters is 1.